The Hall–Kier alpha value is -2.02. The van der Waals surface area contributed by atoms with Crippen LogP contribution in [0.25, 0.3) is 0 Å². The third-order valence-corrected chi connectivity index (χ3v) is 2.44. The summed E-state index contributed by atoms with van der Waals surface area (Å²) in [6.45, 7) is 0. The summed E-state index contributed by atoms with van der Waals surface area (Å²) in [7, 11) is 1.47. The summed E-state index contributed by atoms with van der Waals surface area (Å²) >= 11 is 1.17. The number of nitrogens with one attached hydrogen (secondary N) is 3. The molecule has 0 radical (unpaired) electrons. The van der Waals surface area contributed by atoms with Gasteiger partial charge < -0.3 is 10.6 Å². The number of aliphatic imine (C=N–C) groups is 1. The molecule has 18 heavy (non-hydrogen) atoms. The van der Waals surface area contributed by atoms with E-state index >= 15 is 0 Å². The largest absolute Gasteiger partial charge is 0.343 e. The molecule has 3 N–H and O–H groups in total. The van der Waals surface area contributed by atoms with E-state index in [1.54, 1.807) is 18.4 Å². The Morgan fingerprint density at radius 1 is 1.22 bits per heavy atom. The van der Waals surface area contributed by atoms with Crippen molar-refractivity contribution in [3.05, 3.63) is 30.3 Å². The van der Waals surface area contributed by atoms with Crippen LogP contribution in [0, 0.1) is 0 Å². The van der Waals surface area contributed by atoms with Gasteiger partial charge in [0.05, 0.1) is 0 Å². The molecule has 7 heteroatoms. The zero-order valence-corrected chi connectivity index (χ0v) is 10.9. The van der Waals surface area contributed by atoms with Gasteiger partial charge in [0.25, 0.3) is 0 Å². The van der Waals surface area contributed by atoms with Gasteiger partial charge in [0.2, 0.25) is 0 Å². The summed E-state index contributed by atoms with van der Waals surface area (Å²) in [6.07, 6.45) is 1.71. The average Bonchev–Trinajstić information content (AvgIpc) is 2.38. The molecule has 1 rings (SSSR count). The summed E-state index contributed by atoms with van der Waals surface area (Å²) in [6, 6.07) is 8.02. The van der Waals surface area contributed by atoms with E-state index in [4.69, 9.17) is 0 Å². The van der Waals surface area contributed by atoms with E-state index in [1.165, 1.54) is 18.8 Å². The highest BCUT2D eigenvalue weighted by Crippen LogP contribution is 2.04. The lowest BCUT2D eigenvalue weighted by Crippen LogP contribution is -2.33. The van der Waals surface area contributed by atoms with E-state index in [-0.39, 0.29) is 5.17 Å². The van der Waals surface area contributed by atoms with Gasteiger partial charge in [-0.05, 0) is 18.4 Å². The highest BCUT2D eigenvalue weighted by Gasteiger charge is 2.06. The molecule has 1 aromatic rings. The SMILES string of the molecule is CNC(=O)N=C(NC(=O)Nc1ccccc1)SC. The van der Waals surface area contributed by atoms with Gasteiger partial charge in [0, 0.05) is 12.7 Å². The first kappa shape index (κ1) is 14.0. The van der Waals surface area contributed by atoms with Gasteiger partial charge in [0.15, 0.2) is 5.17 Å². The molecule has 0 saturated heterocycles. The molecule has 1 aromatic carbocycles. The number of carbonyl (C=O) groups excluding carboxylic acids is 2. The van der Waals surface area contributed by atoms with E-state index in [0.29, 0.717) is 5.69 Å². The molecular formula is C11H14N4O2S. The number of para-hydroxylation sites is 1. The summed E-state index contributed by atoms with van der Waals surface area (Å²) < 4.78 is 0. The Bertz CT molecular complexity index is 448. The van der Waals surface area contributed by atoms with E-state index in [2.05, 4.69) is 20.9 Å². The number of anilines is 1. The average molecular weight is 266 g/mol. The van der Waals surface area contributed by atoms with Crippen molar-refractivity contribution < 1.29 is 9.59 Å². The van der Waals surface area contributed by atoms with Crippen LogP contribution in [-0.2, 0) is 0 Å². The van der Waals surface area contributed by atoms with E-state index in [0.717, 1.165) is 0 Å². The first-order valence-corrected chi connectivity index (χ1v) is 6.35. The fraction of sp³-hybridized carbons (Fsp3) is 0.182. The van der Waals surface area contributed by atoms with Gasteiger partial charge >= 0.3 is 12.1 Å². The van der Waals surface area contributed by atoms with Crippen molar-refractivity contribution in [1.82, 2.24) is 10.6 Å². The molecule has 0 aliphatic carbocycles. The molecule has 0 saturated carbocycles. The number of carbonyl (C=O) groups is 2. The Morgan fingerprint density at radius 3 is 2.44 bits per heavy atom. The topological polar surface area (TPSA) is 82.6 Å². The maximum absolute atomic E-state index is 11.6. The van der Waals surface area contributed by atoms with Gasteiger partial charge in [-0.2, -0.15) is 4.99 Å². The van der Waals surface area contributed by atoms with Crippen molar-refractivity contribution >= 4 is 34.7 Å². The van der Waals surface area contributed by atoms with E-state index in [1.807, 2.05) is 18.2 Å². The van der Waals surface area contributed by atoms with Crippen molar-refractivity contribution in [3.8, 4) is 0 Å². The molecule has 0 aromatic heterocycles. The van der Waals surface area contributed by atoms with Gasteiger partial charge in [-0.3, -0.25) is 5.32 Å². The molecule has 0 aliphatic rings. The summed E-state index contributed by atoms with van der Waals surface area (Å²) in [5, 5.41) is 7.67. The number of thioether (sulfide) groups is 1. The van der Waals surface area contributed by atoms with Crippen LogP contribution in [-0.4, -0.2) is 30.5 Å². The van der Waals surface area contributed by atoms with Crippen LogP contribution in [0.2, 0.25) is 0 Å². The fourth-order valence-corrected chi connectivity index (χ4v) is 1.42. The molecular weight excluding hydrogens is 252 g/mol. The molecule has 96 valence electrons. The van der Waals surface area contributed by atoms with E-state index in [9.17, 15) is 9.59 Å². The van der Waals surface area contributed by atoms with Gasteiger partial charge in [-0.1, -0.05) is 30.0 Å². The summed E-state index contributed by atoms with van der Waals surface area (Å²) in [5.74, 6) is 0. The van der Waals surface area contributed by atoms with Gasteiger partial charge in [-0.15, -0.1) is 0 Å². The van der Waals surface area contributed by atoms with Crippen molar-refractivity contribution in [2.45, 2.75) is 0 Å². The fourth-order valence-electron chi connectivity index (χ4n) is 1.05. The predicted octanol–water partition coefficient (Wildman–Crippen LogP) is 1.87. The molecule has 0 spiro atoms. The van der Waals surface area contributed by atoms with Crippen molar-refractivity contribution in [1.29, 1.82) is 0 Å². The Morgan fingerprint density at radius 2 is 1.89 bits per heavy atom. The quantitative estimate of drug-likeness (QED) is 0.536. The minimum atomic E-state index is -0.514. The van der Waals surface area contributed by atoms with Gasteiger partial charge in [0.1, 0.15) is 0 Å². The lowest BCUT2D eigenvalue weighted by atomic mass is 10.3. The van der Waals surface area contributed by atoms with Crippen molar-refractivity contribution in [2.24, 2.45) is 4.99 Å². The number of hydrogen-bond acceptors (Lipinski definition) is 3. The molecule has 0 bridgehead atoms. The highest BCUT2D eigenvalue weighted by atomic mass is 32.2. The van der Waals surface area contributed by atoms with Crippen LogP contribution >= 0.6 is 11.8 Å². The summed E-state index contributed by atoms with van der Waals surface area (Å²) in [4.78, 5) is 26.3. The number of benzene rings is 1. The van der Waals surface area contributed by atoms with Crippen LogP contribution in [0.5, 0.6) is 0 Å². The Labute approximate surface area is 109 Å². The third kappa shape index (κ3) is 4.88. The Kier molecular flexibility index (Phi) is 5.72. The van der Waals surface area contributed by atoms with Crippen LogP contribution in [0.3, 0.4) is 0 Å². The van der Waals surface area contributed by atoms with Gasteiger partial charge in [-0.25, -0.2) is 9.59 Å². The van der Waals surface area contributed by atoms with Crippen LogP contribution in [0.4, 0.5) is 15.3 Å². The maximum Gasteiger partial charge on any atom is 0.343 e. The second-order valence-electron chi connectivity index (χ2n) is 3.12. The molecule has 0 fully saturated rings. The number of nitrogens with zero attached hydrogens (tertiary/aromatic N) is 1. The molecule has 0 unspecified atom stereocenters. The number of hydrogen-bond donors (Lipinski definition) is 3. The van der Waals surface area contributed by atoms with E-state index < -0.39 is 12.1 Å². The first-order valence-electron chi connectivity index (χ1n) is 5.13. The lowest BCUT2D eigenvalue weighted by molar-refractivity contribution is 0.251. The second kappa shape index (κ2) is 7.33. The minimum Gasteiger partial charge on any atom is -0.339 e. The number of amidine groups is 1. The standard InChI is InChI=1S/C11H14N4O2S/c1-12-9(16)14-11(18-2)15-10(17)13-8-6-4-3-5-7-8/h3-7H,1-2H3,(H3,12,13,14,15,16,17). The molecule has 0 aliphatic heterocycles. The smallest absolute Gasteiger partial charge is 0.339 e. The Balaban J connectivity index is 2.58. The van der Waals surface area contributed by atoms with Crippen LogP contribution in [0.15, 0.2) is 35.3 Å². The second-order valence-corrected chi connectivity index (χ2v) is 3.92. The maximum atomic E-state index is 11.6. The number of rotatable bonds is 1. The monoisotopic (exact) mass is 266 g/mol. The minimum absolute atomic E-state index is 0.225. The van der Waals surface area contributed by atoms with Crippen molar-refractivity contribution in [2.75, 3.05) is 18.6 Å². The van der Waals surface area contributed by atoms with Crippen LogP contribution < -0.4 is 16.0 Å². The zero-order chi connectivity index (χ0) is 13.4. The van der Waals surface area contributed by atoms with Crippen molar-refractivity contribution in [3.63, 3.8) is 0 Å². The lowest BCUT2D eigenvalue weighted by Gasteiger charge is -2.07. The van der Waals surface area contributed by atoms with Crippen LogP contribution in [0.1, 0.15) is 0 Å². The molecule has 6 nitrogen and oxygen atoms in total. The molecule has 4 amide bonds. The predicted molar refractivity (Wildman–Crippen MR) is 74.0 cm³/mol. The number of urea groups is 2. The summed E-state index contributed by atoms with van der Waals surface area (Å²) in [5.41, 5.74) is 0.662. The highest BCUT2D eigenvalue weighted by molar-refractivity contribution is 8.13. The third-order valence-electron chi connectivity index (χ3n) is 1.86. The molecule has 0 atom stereocenters. The number of amides is 4. The molecule has 0 heterocycles. The zero-order valence-electron chi connectivity index (χ0n) is 10.1. The first-order chi connectivity index (χ1) is 8.65. The normalized spacial score (nSPS) is 10.7.